The average Bonchev–Trinajstić information content (AvgIpc) is 3.86. The van der Waals surface area contributed by atoms with Crippen LogP contribution >= 0.6 is 0 Å². The number of benzene rings is 6. The van der Waals surface area contributed by atoms with Crippen LogP contribution in [0.15, 0.2) is 131 Å². The molecule has 16 nitrogen and oxygen atoms in total. The number of fused-ring (bicyclic) bond motifs is 2. The summed E-state index contributed by atoms with van der Waals surface area (Å²) in [5.74, 6) is -1.64. The van der Waals surface area contributed by atoms with Crippen molar-refractivity contribution in [2.45, 2.75) is 64.4 Å². The number of carbonyl (C=O) groups is 2. The van der Waals surface area contributed by atoms with E-state index in [1.54, 1.807) is 63.7 Å². The Morgan fingerprint density at radius 2 is 0.986 bits per heavy atom. The van der Waals surface area contributed by atoms with Crippen molar-refractivity contribution in [1.82, 2.24) is 18.6 Å². The number of amides is 2. The van der Waals surface area contributed by atoms with Gasteiger partial charge in [0.25, 0.3) is 37.5 Å². The molecule has 0 aliphatic heterocycles. The van der Waals surface area contributed by atoms with Crippen molar-refractivity contribution in [3.63, 3.8) is 0 Å². The number of nitrogen functional groups attached to an aromatic ring is 1. The number of rotatable bonds is 11. The molecule has 6 aromatic carbocycles. The Hall–Kier alpha value is -8.58. The van der Waals surface area contributed by atoms with Crippen LogP contribution in [0, 0.1) is 64.8 Å². The largest absolute Gasteiger partial charge is 0.399 e. The number of nitrogens with one attached hydrogen (secondary N) is 2. The van der Waals surface area contributed by atoms with E-state index in [4.69, 9.17) is 18.9 Å². The maximum atomic E-state index is 13.3. The zero-order valence-corrected chi connectivity index (χ0v) is 40.5. The normalized spacial score (nSPS) is 11.3. The molecule has 0 aliphatic rings. The molecule has 8 rings (SSSR count). The van der Waals surface area contributed by atoms with Gasteiger partial charge in [0.15, 0.2) is 11.4 Å². The monoisotopic (exact) mass is 974 g/mol. The smallest absolute Gasteiger partial charge is 0.281 e. The molecule has 2 aromatic heterocycles. The number of hydrogen-bond acceptors (Lipinski definition) is 9. The van der Waals surface area contributed by atoms with Gasteiger partial charge in [-0.05, 0) is 134 Å². The molecule has 18 heteroatoms. The molecule has 2 amide bonds. The van der Waals surface area contributed by atoms with E-state index in [1.165, 1.54) is 36.4 Å². The number of carbonyl (C=O) groups excluding carboxylic acids is 2. The van der Waals surface area contributed by atoms with E-state index < -0.39 is 47.4 Å². The molecule has 0 atom stereocenters. The minimum Gasteiger partial charge on any atom is -0.399 e. The van der Waals surface area contributed by atoms with Crippen molar-refractivity contribution in [2.75, 3.05) is 5.73 Å². The van der Waals surface area contributed by atoms with Crippen molar-refractivity contribution in [1.29, 1.82) is 0 Å². The average molecular weight is 975 g/mol. The predicted molar refractivity (Wildman–Crippen MR) is 269 cm³/mol. The van der Waals surface area contributed by atoms with E-state index in [0.29, 0.717) is 34.3 Å². The van der Waals surface area contributed by atoms with Gasteiger partial charge in [-0.1, -0.05) is 71.8 Å². The molecule has 0 radical (unpaired) electrons. The van der Waals surface area contributed by atoms with Gasteiger partial charge in [-0.3, -0.25) is 19.7 Å². The van der Waals surface area contributed by atoms with Crippen LogP contribution in [-0.2, 0) is 33.1 Å². The molecule has 8 aromatic rings. The quantitative estimate of drug-likeness (QED) is 0.0486. The molecule has 0 saturated carbocycles. The summed E-state index contributed by atoms with van der Waals surface area (Å²) < 4.78 is 59.2. The number of nitro benzene ring substituents is 1. The van der Waals surface area contributed by atoms with Crippen molar-refractivity contribution in [2.24, 2.45) is 0 Å². The van der Waals surface area contributed by atoms with Gasteiger partial charge in [0.2, 0.25) is 0 Å². The number of sulfonamides is 2. The minimum absolute atomic E-state index is 0.0838. The van der Waals surface area contributed by atoms with Crippen LogP contribution in [0.4, 0.5) is 22.7 Å². The van der Waals surface area contributed by atoms with E-state index in [9.17, 15) is 36.5 Å². The summed E-state index contributed by atoms with van der Waals surface area (Å²) >= 11 is 0. The highest BCUT2D eigenvalue weighted by atomic mass is 32.2. The maximum Gasteiger partial charge on any atom is 0.281 e. The lowest BCUT2D eigenvalue weighted by atomic mass is 9.99. The Morgan fingerprint density at radius 3 is 1.37 bits per heavy atom. The lowest BCUT2D eigenvalue weighted by Crippen LogP contribution is -2.32. The highest BCUT2D eigenvalue weighted by molar-refractivity contribution is 7.90. The lowest BCUT2D eigenvalue weighted by molar-refractivity contribution is -0.385. The first-order valence-corrected chi connectivity index (χ1v) is 24.4. The first-order chi connectivity index (χ1) is 33.1. The standard InChI is InChI=1S/C26H22N4O5S.C26H24N4O3S/c1-16-10-17(2)23(18(3)11-16)15-29-24-13-20(27-4)9-8-19(24)12-25(29)26(31)28-36(34,35)22-7-5-6-21(14-22)30(32)33;1-16-10-17(2)23(18(3)11-16)15-30-24-14-21(28-4)9-8-19(24)12-25(30)26(31)29-34(32,33)22-7-5-6-20(27)13-22/h5-14H,15H2,1-3H3,(H,28,31);5-14H,15,27H2,1-3H3,(H,29,31). The molecule has 70 heavy (non-hydrogen) atoms. The van der Waals surface area contributed by atoms with Crippen LogP contribution in [-0.4, -0.2) is 42.7 Å². The Kier molecular flexibility index (Phi) is 13.8. The maximum absolute atomic E-state index is 13.3. The topological polar surface area (TPSA) is 214 Å². The summed E-state index contributed by atoms with van der Waals surface area (Å²) in [6.45, 7) is 27.3. The molecule has 0 aliphatic carbocycles. The Balaban J connectivity index is 0.000000207. The molecule has 0 fully saturated rings. The summed E-state index contributed by atoms with van der Waals surface area (Å²) in [5.41, 5.74) is 16.4. The second-order valence-electron chi connectivity index (χ2n) is 16.9. The number of aromatic nitrogens is 2. The second-order valence-corrected chi connectivity index (χ2v) is 20.3. The lowest BCUT2D eigenvalue weighted by Gasteiger charge is -2.16. The number of anilines is 1. The number of nitrogens with two attached hydrogens (primary N) is 1. The van der Waals surface area contributed by atoms with Gasteiger partial charge in [-0.15, -0.1) is 0 Å². The number of hydrogen-bond donors (Lipinski definition) is 3. The van der Waals surface area contributed by atoms with Gasteiger partial charge in [0, 0.05) is 41.9 Å². The molecule has 0 saturated heterocycles. The van der Waals surface area contributed by atoms with Crippen LogP contribution in [0.3, 0.4) is 0 Å². The van der Waals surface area contributed by atoms with Crippen LogP contribution in [0.2, 0.25) is 0 Å². The Morgan fingerprint density at radius 1 is 0.586 bits per heavy atom. The van der Waals surface area contributed by atoms with Gasteiger partial charge in [-0.25, -0.2) is 36.0 Å². The molecule has 354 valence electrons. The van der Waals surface area contributed by atoms with Crippen LogP contribution in [0.25, 0.3) is 31.5 Å². The van der Waals surface area contributed by atoms with Crippen LogP contribution in [0.1, 0.15) is 65.5 Å². The van der Waals surface area contributed by atoms with Gasteiger partial charge in [0.05, 0.1) is 27.9 Å². The highest BCUT2D eigenvalue weighted by Crippen LogP contribution is 2.31. The zero-order valence-electron chi connectivity index (χ0n) is 38.9. The third kappa shape index (κ3) is 10.4. The fourth-order valence-electron chi connectivity index (χ4n) is 8.49. The number of non-ortho nitro benzene ring substituents is 1. The fraction of sp³-hybridized carbons (Fsp3) is 0.154. The van der Waals surface area contributed by atoms with Crippen molar-refractivity contribution < 1.29 is 31.3 Å². The van der Waals surface area contributed by atoms with Crippen molar-refractivity contribution >= 4 is 76.4 Å². The van der Waals surface area contributed by atoms with E-state index in [0.717, 1.165) is 56.0 Å². The van der Waals surface area contributed by atoms with E-state index in [1.807, 2.05) is 58.4 Å². The van der Waals surface area contributed by atoms with E-state index in [-0.39, 0.29) is 28.5 Å². The van der Waals surface area contributed by atoms with Crippen LogP contribution in [0.5, 0.6) is 0 Å². The van der Waals surface area contributed by atoms with Gasteiger partial charge < -0.3 is 14.9 Å². The van der Waals surface area contributed by atoms with E-state index >= 15 is 0 Å². The zero-order chi connectivity index (χ0) is 50.8. The summed E-state index contributed by atoms with van der Waals surface area (Å²) in [4.78, 5) is 43.4. The Labute approximate surface area is 404 Å². The molecule has 0 bridgehead atoms. The molecule has 4 N–H and O–H groups in total. The van der Waals surface area contributed by atoms with Gasteiger partial charge in [-0.2, -0.15) is 0 Å². The van der Waals surface area contributed by atoms with Gasteiger partial charge in [0.1, 0.15) is 11.4 Å². The van der Waals surface area contributed by atoms with Crippen molar-refractivity contribution in [3.05, 3.63) is 210 Å². The number of nitro groups is 1. The highest BCUT2D eigenvalue weighted by Gasteiger charge is 2.26. The summed E-state index contributed by atoms with van der Waals surface area (Å²) in [5, 5.41) is 12.5. The fourth-order valence-corrected chi connectivity index (χ4v) is 10.5. The molecular weight excluding hydrogens is 929 g/mol. The third-order valence-electron chi connectivity index (χ3n) is 11.8. The first-order valence-electron chi connectivity index (χ1n) is 21.5. The molecule has 2 heterocycles. The minimum atomic E-state index is -4.39. The SMILES string of the molecule is [C-]#[N+]c1ccc2cc(C(=O)NS(=O)(=O)c3cccc(N)c3)n(Cc3c(C)cc(C)cc3C)c2c1.[C-]#[N+]c1ccc2cc(C(=O)NS(=O)(=O)c3cccc([N+](=O)[O-])c3)n(Cc3c(C)cc(C)cc3C)c2c1. The Bertz CT molecular complexity index is 3740. The molecule has 0 spiro atoms. The second kappa shape index (κ2) is 19.6. The van der Waals surface area contributed by atoms with Gasteiger partial charge >= 0.3 is 0 Å². The summed E-state index contributed by atoms with van der Waals surface area (Å²) in [6.07, 6.45) is 0. The summed E-state index contributed by atoms with van der Waals surface area (Å²) in [6, 6.07) is 31.8. The first kappa shape index (κ1) is 49.3. The molecule has 0 unspecified atom stereocenters. The number of nitrogens with zero attached hydrogens (tertiary/aromatic N) is 5. The number of aryl methyl sites for hydroxylation is 6. The summed E-state index contributed by atoms with van der Waals surface area (Å²) in [7, 11) is -8.52. The predicted octanol–water partition coefficient (Wildman–Crippen LogP) is 10.1. The van der Waals surface area contributed by atoms with E-state index in [2.05, 4.69) is 26.5 Å². The van der Waals surface area contributed by atoms with Crippen LogP contribution < -0.4 is 15.2 Å². The molecular formula is C52H46N8O8S2. The third-order valence-corrected chi connectivity index (χ3v) is 14.4. The van der Waals surface area contributed by atoms with Crippen molar-refractivity contribution in [3.8, 4) is 0 Å².